The lowest BCUT2D eigenvalue weighted by Gasteiger charge is -2.19. The van der Waals surface area contributed by atoms with E-state index < -0.39 is 11.9 Å². The van der Waals surface area contributed by atoms with E-state index in [1.165, 1.54) is 0 Å². The van der Waals surface area contributed by atoms with E-state index >= 15 is 0 Å². The Kier molecular flexibility index (Phi) is 7.02. The van der Waals surface area contributed by atoms with Gasteiger partial charge in [0, 0.05) is 5.56 Å². The second-order valence-electron chi connectivity index (χ2n) is 7.10. The molecule has 154 valence electrons. The van der Waals surface area contributed by atoms with Crippen LogP contribution in [0.25, 0.3) is 0 Å². The number of benzene rings is 3. The normalized spacial score (nSPS) is 10.5. The van der Waals surface area contributed by atoms with Crippen molar-refractivity contribution < 1.29 is 19.1 Å². The molecule has 0 aromatic heterocycles. The Morgan fingerprint density at radius 3 is 1.73 bits per heavy atom. The monoisotopic (exact) mass is 402 g/mol. The van der Waals surface area contributed by atoms with Crippen LogP contribution in [0, 0.1) is 6.92 Å². The summed E-state index contributed by atoms with van der Waals surface area (Å²) < 4.78 is 11.7. The van der Waals surface area contributed by atoms with E-state index in [1.54, 1.807) is 48.5 Å². The predicted octanol–water partition coefficient (Wildman–Crippen LogP) is 5.95. The van der Waals surface area contributed by atoms with Crippen molar-refractivity contribution in [3.05, 3.63) is 94.5 Å². The number of hydrogen-bond donors (Lipinski definition) is 0. The summed E-state index contributed by atoms with van der Waals surface area (Å²) in [6.07, 6.45) is 2.22. The summed E-state index contributed by atoms with van der Waals surface area (Å²) >= 11 is 0. The van der Waals surface area contributed by atoms with Crippen LogP contribution in [0.2, 0.25) is 0 Å². The second-order valence-corrected chi connectivity index (χ2v) is 7.10. The van der Waals surface area contributed by atoms with Gasteiger partial charge in [0.2, 0.25) is 0 Å². The smallest absolute Gasteiger partial charge is 0.343 e. The van der Waals surface area contributed by atoms with Crippen LogP contribution in [-0.2, 0) is 12.8 Å². The van der Waals surface area contributed by atoms with E-state index in [0.717, 1.165) is 23.1 Å². The van der Waals surface area contributed by atoms with Gasteiger partial charge in [0.25, 0.3) is 0 Å². The molecule has 0 fully saturated rings. The molecule has 0 unspecified atom stereocenters. The molecule has 30 heavy (non-hydrogen) atoms. The van der Waals surface area contributed by atoms with E-state index in [2.05, 4.69) is 6.92 Å². The third kappa shape index (κ3) is 4.77. The van der Waals surface area contributed by atoms with Gasteiger partial charge in [0.05, 0.1) is 11.1 Å². The molecule has 0 heterocycles. The minimum atomic E-state index is -0.477. The van der Waals surface area contributed by atoms with Crippen molar-refractivity contribution in [3.8, 4) is 11.5 Å². The number of carbonyl (C=O) groups is 2. The Labute approximate surface area is 177 Å². The van der Waals surface area contributed by atoms with Gasteiger partial charge in [-0.3, -0.25) is 0 Å². The van der Waals surface area contributed by atoms with Crippen LogP contribution in [0.15, 0.2) is 66.7 Å². The van der Waals surface area contributed by atoms with Gasteiger partial charge in [-0.1, -0.05) is 62.7 Å². The van der Waals surface area contributed by atoms with Crippen molar-refractivity contribution >= 4 is 11.9 Å². The van der Waals surface area contributed by atoms with Gasteiger partial charge in [-0.25, -0.2) is 9.59 Å². The van der Waals surface area contributed by atoms with E-state index in [0.29, 0.717) is 35.5 Å². The number of ether oxygens (including phenoxy) is 2. The standard InChI is InChI=1S/C26H26O4/c1-4-12-21-17-18(3)22(5-2)24(30-26(28)20-15-10-7-11-16-20)23(21)29-25(27)19-13-8-6-9-14-19/h6-11,13-17H,4-5,12H2,1-3H3. The van der Waals surface area contributed by atoms with Crippen molar-refractivity contribution in [1.82, 2.24) is 0 Å². The molecule has 0 aliphatic carbocycles. The zero-order valence-electron chi connectivity index (χ0n) is 17.6. The molecule has 0 radical (unpaired) electrons. The van der Waals surface area contributed by atoms with Gasteiger partial charge >= 0.3 is 11.9 Å². The van der Waals surface area contributed by atoms with Crippen LogP contribution in [0.5, 0.6) is 11.5 Å². The number of rotatable bonds is 7. The molecule has 4 heteroatoms. The quantitative estimate of drug-likeness (QED) is 0.362. The van der Waals surface area contributed by atoms with E-state index in [9.17, 15) is 9.59 Å². The summed E-state index contributed by atoms with van der Waals surface area (Å²) in [6.45, 7) is 6.03. The lowest BCUT2D eigenvalue weighted by Crippen LogP contribution is -2.16. The molecule has 0 saturated heterocycles. The topological polar surface area (TPSA) is 52.6 Å². The average molecular weight is 402 g/mol. The number of aryl methyl sites for hydroxylation is 2. The molecule has 0 aliphatic rings. The van der Waals surface area contributed by atoms with Crippen LogP contribution in [0.3, 0.4) is 0 Å². The minimum absolute atomic E-state index is 0.331. The molecule has 0 amide bonds. The largest absolute Gasteiger partial charge is 0.419 e. The molecular formula is C26H26O4. The van der Waals surface area contributed by atoms with Gasteiger partial charge in [0.15, 0.2) is 11.5 Å². The Morgan fingerprint density at radius 2 is 1.27 bits per heavy atom. The number of hydrogen-bond acceptors (Lipinski definition) is 4. The molecule has 4 nitrogen and oxygen atoms in total. The first kappa shape index (κ1) is 21.3. The van der Waals surface area contributed by atoms with Crippen LogP contribution < -0.4 is 9.47 Å². The number of esters is 2. The fraction of sp³-hybridized carbons (Fsp3) is 0.231. The molecule has 0 aliphatic heterocycles. The molecule has 0 atom stereocenters. The summed E-state index contributed by atoms with van der Waals surface area (Å²) in [7, 11) is 0. The first-order valence-electron chi connectivity index (χ1n) is 10.2. The average Bonchev–Trinajstić information content (AvgIpc) is 2.77. The molecular weight excluding hydrogens is 376 g/mol. The van der Waals surface area contributed by atoms with Gasteiger partial charge in [-0.2, -0.15) is 0 Å². The fourth-order valence-corrected chi connectivity index (χ4v) is 3.44. The third-order valence-corrected chi connectivity index (χ3v) is 4.92. The maximum atomic E-state index is 12.8. The Morgan fingerprint density at radius 1 is 0.767 bits per heavy atom. The highest BCUT2D eigenvalue weighted by Gasteiger charge is 2.24. The predicted molar refractivity (Wildman–Crippen MR) is 117 cm³/mol. The molecule has 3 rings (SSSR count). The summed E-state index contributed by atoms with van der Waals surface area (Å²) in [4.78, 5) is 25.6. The molecule has 3 aromatic carbocycles. The van der Waals surface area contributed by atoms with Gasteiger partial charge in [-0.05, 0) is 55.2 Å². The minimum Gasteiger partial charge on any atom is -0.419 e. The summed E-state index contributed by atoms with van der Waals surface area (Å²) in [5, 5.41) is 0. The first-order chi connectivity index (χ1) is 14.5. The summed E-state index contributed by atoms with van der Waals surface area (Å²) in [6, 6.07) is 19.6. The van der Waals surface area contributed by atoms with Crippen LogP contribution >= 0.6 is 0 Å². The highest BCUT2D eigenvalue weighted by Crippen LogP contribution is 2.39. The van der Waals surface area contributed by atoms with E-state index in [4.69, 9.17) is 9.47 Å². The Balaban J connectivity index is 2.07. The number of carbonyl (C=O) groups excluding carboxylic acids is 2. The highest BCUT2D eigenvalue weighted by molar-refractivity contribution is 5.93. The molecule has 3 aromatic rings. The lowest BCUT2D eigenvalue weighted by molar-refractivity contribution is 0.0679. The van der Waals surface area contributed by atoms with Crippen molar-refractivity contribution in [2.24, 2.45) is 0 Å². The van der Waals surface area contributed by atoms with E-state index in [-0.39, 0.29) is 0 Å². The SMILES string of the molecule is CCCc1cc(C)c(CC)c(OC(=O)c2ccccc2)c1OC(=O)c1ccccc1. The van der Waals surface area contributed by atoms with Crippen molar-refractivity contribution in [1.29, 1.82) is 0 Å². The highest BCUT2D eigenvalue weighted by atomic mass is 16.6. The fourth-order valence-electron chi connectivity index (χ4n) is 3.44. The lowest BCUT2D eigenvalue weighted by atomic mass is 9.98. The second kappa shape index (κ2) is 9.88. The first-order valence-corrected chi connectivity index (χ1v) is 10.2. The molecule has 0 saturated carbocycles. The summed E-state index contributed by atoms with van der Waals surface area (Å²) in [5.74, 6) is -0.289. The maximum Gasteiger partial charge on any atom is 0.343 e. The van der Waals surface area contributed by atoms with Crippen molar-refractivity contribution in [2.75, 3.05) is 0 Å². The molecule has 0 spiro atoms. The third-order valence-electron chi connectivity index (χ3n) is 4.92. The maximum absolute atomic E-state index is 12.8. The van der Waals surface area contributed by atoms with Crippen LogP contribution in [0.4, 0.5) is 0 Å². The van der Waals surface area contributed by atoms with Gasteiger partial charge in [0.1, 0.15) is 0 Å². The Hall–Kier alpha value is -3.40. The Bertz CT molecular complexity index is 1020. The molecule has 0 N–H and O–H groups in total. The van der Waals surface area contributed by atoms with Crippen LogP contribution in [-0.4, -0.2) is 11.9 Å². The van der Waals surface area contributed by atoms with Crippen LogP contribution in [0.1, 0.15) is 57.7 Å². The zero-order chi connectivity index (χ0) is 21.5. The van der Waals surface area contributed by atoms with Gasteiger partial charge in [-0.15, -0.1) is 0 Å². The van der Waals surface area contributed by atoms with E-state index in [1.807, 2.05) is 32.0 Å². The summed E-state index contributed by atoms with van der Waals surface area (Å²) in [5.41, 5.74) is 3.61. The van der Waals surface area contributed by atoms with Crippen molar-refractivity contribution in [3.63, 3.8) is 0 Å². The zero-order valence-corrected chi connectivity index (χ0v) is 17.6. The van der Waals surface area contributed by atoms with Gasteiger partial charge < -0.3 is 9.47 Å². The van der Waals surface area contributed by atoms with Crippen molar-refractivity contribution in [2.45, 2.75) is 40.0 Å². The molecule has 0 bridgehead atoms.